The minimum absolute atomic E-state index is 0.495. The Balaban J connectivity index is 2.12. The monoisotopic (exact) mass is 363 g/mol. The molecular weight excluding hydrogens is 326 g/mol. The maximum atomic E-state index is 2.69. The van der Waals surface area contributed by atoms with Gasteiger partial charge in [0.2, 0.25) is 0 Å². The lowest BCUT2D eigenvalue weighted by atomic mass is 9.91. The van der Waals surface area contributed by atoms with Crippen molar-refractivity contribution < 1.29 is 0 Å². The summed E-state index contributed by atoms with van der Waals surface area (Å²) < 4.78 is 0. The Hall–Kier alpha value is -1.86. The Morgan fingerprint density at radius 1 is 0.963 bits per heavy atom. The van der Waals surface area contributed by atoms with Crippen molar-refractivity contribution in [1.29, 1.82) is 0 Å². The average Bonchev–Trinajstić information content (AvgIpc) is 2.65. The second-order valence-electron chi connectivity index (χ2n) is 8.13. The molecule has 0 aromatic heterocycles. The lowest BCUT2D eigenvalue weighted by Crippen LogP contribution is -2.37. The van der Waals surface area contributed by atoms with Gasteiger partial charge in [-0.15, -0.1) is 0 Å². The van der Waals surface area contributed by atoms with Gasteiger partial charge in [0.15, 0.2) is 0 Å². The summed E-state index contributed by atoms with van der Waals surface area (Å²) in [5.41, 5.74) is 5.63. The number of rotatable bonds is 10. The number of hydrogen-bond donors (Lipinski definition) is 0. The van der Waals surface area contributed by atoms with Crippen molar-refractivity contribution in [2.24, 2.45) is 0 Å². The van der Waals surface area contributed by atoms with E-state index in [-0.39, 0.29) is 0 Å². The smallest absolute Gasteiger partial charge is 0.0286 e. The molecule has 2 aromatic rings. The van der Waals surface area contributed by atoms with Crippen LogP contribution in [-0.4, -0.2) is 24.0 Å². The van der Waals surface area contributed by atoms with Crippen LogP contribution < -0.4 is 0 Å². The first kappa shape index (κ1) is 21.4. The fourth-order valence-corrected chi connectivity index (χ4v) is 3.75. The molecule has 0 bridgehead atoms. The molecule has 0 saturated heterocycles. The summed E-state index contributed by atoms with van der Waals surface area (Å²) >= 11 is 0. The Morgan fingerprint density at radius 2 is 1.63 bits per heavy atom. The minimum Gasteiger partial charge on any atom is -0.297 e. The number of benzene rings is 2. The molecule has 0 aliphatic heterocycles. The van der Waals surface area contributed by atoms with Crippen molar-refractivity contribution in [3.05, 3.63) is 82.9 Å². The van der Waals surface area contributed by atoms with Crippen LogP contribution in [0, 0.1) is 6.92 Å². The second kappa shape index (κ2) is 11.1. The van der Waals surface area contributed by atoms with Gasteiger partial charge in [0.1, 0.15) is 0 Å². The van der Waals surface area contributed by atoms with Crippen LogP contribution in [0.5, 0.6) is 0 Å². The Morgan fingerprint density at radius 3 is 2.22 bits per heavy atom. The molecule has 0 radical (unpaired) electrons. The largest absolute Gasteiger partial charge is 0.297 e. The van der Waals surface area contributed by atoms with E-state index < -0.39 is 0 Å². The average molecular weight is 364 g/mol. The summed E-state index contributed by atoms with van der Waals surface area (Å²) in [6.07, 6.45) is 5.96. The predicted molar refractivity (Wildman–Crippen MR) is 119 cm³/mol. The van der Waals surface area contributed by atoms with Crippen LogP contribution in [0.1, 0.15) is 63.1 Å². The molecule has 0 amide bonds. The SMILES string of the molecule is CCCN(CCc1ccccc1)C(C=C(C)C)C[C@H](C)c1ccc(C)cc1. The number of allylic oxidation sites excluding steroid dienone is 1. The highest BCUT2D eigenvalue weighted by Crippen LogP contribution is 2.25. The molecule has 0 aliphatic rings. The molecule has 2 aromatic carbocycles. The highest BCUT2D eigenvalue weighted by atomic mass is 15.1. The summed E-state index contributed by atoms with van der Waals surface area (Å²) in [5.74, 6) is 0.558. The van der Waals surface area contributed by atoms with E-state index in [9.17, 15) is 0 Å². The lowest BCUT2D eigenvalue weighted by Gasteiger charge is -2.32. The van der Waals surface area contributed by atoms with Gasteiger partial charge in [0.05, 0.1) is 0 Å². The van der Waals surface area contributed by atoms with E-state index in [1.54, 1.807) is 0 Å². The third kappa shape index (κ3) is 7.34. The van der Waals surface area contributed by atoms with Crippen LogP contribution in [0.2, 0.25) is 0 Å². The number of hydrogen-bond acceptors (Lipinski definition) is 1. The molecule has 0 fully saturated rings. The van der Waals surface area contributed by atoms with E-state index in [4.69, 9.17) is 0 Å². The maximum Gasteiger partial charge on any atom is 0.0286 e. The predicted octanol–water partition coefficient (Wildman–Crippen LogP) is 6.78. The second-order valence-corrected chi connectivity index (χ2v) is 8.13. The highest BCUT2D eigenvalue weighted by Gasteiger charge is 2.19. The molecule has 0 saturated carbocycles. The lowest BCUT2D eigenvalue weighted by molar-refractivity contribution is 0.215. The Labute approximate surface area is 167 Å². The van der Waals surface area contributed by atoms with Crippen LogP contribution in [0.4, 0.5) is 0 Å². The zero-order chi connectivity index (χ0) is 19.6. The van der Waals surface area contributed by atoms with Crippen LogP contribution in [0.25, 0.3) is 0 Å². The third-order valence-corrected chi connectivity index (χ3v) is 5.28. The van der Waals surface area contributed by atoms with Crippen molar-refractivity contribution in [3.8, 4) is 0 Å². The quantitative estimate of drug-likeness (QED) is 0.421. The molecule has 27 heavy (non-hydrogen) atoms. The van der Waals surface area contributed by atoms with E-state index in [0.29, 0.717) is 12.0 Å². The molecule has 0 heterocycles. The van der Waals surface area contributed by atoms with E-state index in [2.05, 4.69) is 100 Å². The Kier molecular flexibility index (Phi) is 8.81. The molecule has 1 nitrogen and oxygen atoms in total. The van der Waals surface area contributed by atoms with Gasteiger partial charge < -0.3 is 0 Å². The van der Waals surface area contributed by atoms with Crippen LogP contribution in [-0.2, 0) is 6.42 Å². The molecule has 1 unspecified atom stereocenters. The molecular formula is C26H37N. The molecule has 0 N–H and O–H groups in total. The maximum absolute atomic E-state index is 2.69. The molecule has 146 valence electrons. The van der Waals surface area contributed by atoms with Crippen molar-refractivity contribution in [2.45, 2.75) is 65.8 Å². The summed E-state index contributed by atoms with van der Waals surface area (Å²) in [7, 11) is 0. The fourth-order valence-electron chi connectivity index (χ4n) is 3.75. The van der Waals surface area contributed by atoms with Gasteiger partial charge >= 0.3 is 0 Å². The van der Waals surface area contributed by atoms with Gasteiger partial charge in [0.25, 0.3) is 0 Å². The van der Waals surface area contributed by atoms with Crippen molar-refractivity contribution in [2.75, 3.05) is 13.1 Å². The fraction of sp³-hybridized carbons (Fsp3) is 0.462. The van der Waals surface area contributed by atoms with Gasteiger partial charge in [-0.2, -0.15) is 0 Å². The van der Waals surface area contributed by atoms with Crippen LogP contribution >= 0.6 is 0 Å². The first-order chi connectivity index (χ1) is 13.0. The van der Waals surface area contributed by atoms with E-state index >= 15 is 0 Å². The number of nitrogens with zero attached hydrogens (tertiary/aromatic N) is 1. The van der Waals surface area contributed by atoms with Crippen molar-refractivity contribution in [1.82, 2.24) is 4.90 Å². The zero-order valence-corrected chi connectivity index (χ0v) is 17.9. The highest BCUT2D eigenvalue weighted by molar-refractivity contribution is 5.24. The van der Waals surface area contributed by atoms with Crippen LogP contribution in [0.15, 0.2) is 66.2 Å². The van der Waals surface area contributed by atoms with Crippen LogP contribution in [0.3, 0.4) is 0 Å². The number of aryl methyl sites for hydroxylation is 1. The molecule has 2 rings (SSSR count). The molecule has 2 atom stereocenters. The standard InChI is InChI=1S/C26H37N/c1-6-17-27(18-16-24-10-8-7-9-11-24)26(19-21(2)3)20-23(5)25-14-12-22(4)13-15-25/h7-15,19,23,26H,6,16-18,20H2,1-5H3/t23-,26?/m0/s1. The first-order valence-corrected chi connectivity index (χ1v) is 10.5. The Bertz CT molecular complexity index is 680. The van der Waals surface area contributed by atoms with Gasteiger partial charge in [0, 0.05) is 12.6 Å². The van der Waals surface area contributed by atoms with E-state index in [1.807, 2.05) is 0 Å². The first-order valence-electron chi connectivity index (χ1n) is 10.5. The molecule has 0 aliphatic carbocycles. The zero-order valence-electron chi connectivity index (χ0n) is 17.9. The van der Waals surface area contributed by atoms with E-state index in [0.717, 1.165) is 19.5 Å². The van der Waals surface area contributed by atoms with Gasteiger partial charge in [-0.1, -0.05) is 85.7 Å². The summed E-state index contributed by atoms with van der Waals surface area (Å²) in [5, 5.41) is 0. The van der Waals surface area contributed by atoms with Gasteiger partial charge in [-0.05, 0) is 63.6 Å². The summed E-state index contributed by atoms with van der Waals surface area (Å²) in [6.45, 7) is 13.5. The third-order valence-electron chi connectivity index (χ3n) is 5.28. The summed E-state index contributed by atoms with van der Waals surface area (Å²) in [6, 6.07) is 20.4. The normalized spacial score (nSPS) is 13.4. The van der Waals surface area contributed by atoms with Crippen molar-refractivity contribution in [3.63, 3.8) is 0 Å². The van der Waals surface area contributed by atoms with Gasteiger partial charge in [-0.25, -0.2) is 0 Å². The van der Waals surface area contributed by atoms with E-state index in [1.165, 1.54) is 35.1 Å². The van der Waals surface area contributed by atoms with Gasteiger partial charge in [-0.3, -0.25) is 4.90 Å². The van der Waals surface area contributed by atoms with Crippen molar-refractivity contribution >= 4 is 0 Å². The topological polar surface area (TPSA) is 3.24 Å². The molecule has 0 spiro atoms. The minimum atomic E-state index is 0.495. The summed E-state index contributed by atoms with van der Waals surface area (Å²) in [4.78, 5) is 2.69. The molecule has 1 heteroatoms.